The van der Waals surface area contributed by atoms with Gasteiger partial charge in [0, 0.05) is 17.2 Å². The maximum absolute atomic E-state index is 6.18. The molecule has 0 aliphatic heterocycles. The van der Waals surface area contributed by atoms with Crippen LogP contribution in [0.5, 0.6) is 0 Å². The maximum Gasteiger partial charge on any atom is 0.0621 e. The Morgan fingerprint density at radius 3 is 2.56 bits per heavy atom. The summed E-state index contributed by atoms with van der Waals surface area (Å²) in [6, 6.07) is 2.04. The van der Waals surface area contributed by atoms with Gasteiger partial charge in [-0.15, -0.1) is 0 Å². The molecule has 1 unspecified atom stereocenters. The lowest BCUT2D eigenvalue weighted by molar-refractivity contribution is 0.370. The van der Waals surface area contributed by atoms with Gasteiger partial charge >= 0.3 is 0 Å². The van der Waals surface area contributed by atoms with E-state index < -0.39 is 0 Å². The van der Waals surface area contributed by atoms with Crippen LogP contribution in [0.1, 0.15) is 50.5 Å². The van der Waals surface area contributed by atoms with Crippen molar-refractivity contribution in [2.24, 2.45) is 5.92 Å². The highest BCUT2D eigenvalue weighted by atomic mass is 79.9. The predicted octanol–water partition coefficient (Wildman–Crippen LogP) is 5.40. The second-order valence-corrected chi connectivity index (χ2v) is 6.88. The van der Waals surface area contributed by atoms with Crippen LogP contribution in [-0.2, 0) is 6.42 Å². The third-order valence-corrected chi connectivity index (χ3v) is 5.34. The van der Waals surface area contributed by atoms with Crippen LogP contribution < -0.4 is 0 Å². The van der Waals surface area contributed by atoms with Gasteiger partial charge in [0.05, 0.1) is 5.02 Å². The molecule has 1 heterocycles. The third-order valence-electron chi connectivity index (χ3n) is 3.93. The molecule has 1 aliphatic rings. The van der Waals surface area contributed by atoms with E-state index in [1.54, 1.807) is 6.20 Å². The van der Waals surface area contributed by atoms with E-state index in [0.29, 0.717) is 4.83 Å². The van der Waals surface area contributed by atoms with Crippen molar-refractivity contribution in [1.29, 1.82) is 0 Å². The van der Waals surface area contributed by atoms with Crippen LogP contribution >= 0.6 is 27.5 Å². The molecule has 0 radical (unpaired) electrons. The van der Waals surface area contributed by atoms with Gasteiger partial charge in [-0.05, 0) is 36.8 Å². The van der Waals surface area contributed by atoms with E-state index >= 15 is 0 Å². The van der Waals surface area contributed by atoms with Crippen molar-refractivity contribution in [2.75, 3.05) is 0 Å². The summed E-state index contributed by atoms with van der Waals surface area (Å²) in [5.41, 5.74) is 1.22. The number of pyridine rings is 1. The Hall–Kier alpha value is -0.0800. The first-order valence-electron chi connectivity index (χ1n) is 7.00. The molecule has 0 amide bonds. The van der Waals surface area contributed by atoms with Gasteiger partial charge in [-0.25, -0.2) is 0 Å². The predicted molar refractivity (Wildman–Crippen MR) is 81.5 cm³/mol. The van der Waals surface area contributed by atoms with Gasteiger partial charge in [0.2, 0.25) is 0 Å². The lowest BCUT2D eigenvalue weighted by atomic mass is 9.87. The van der Waals surface area contributed by atoms with Crippen LogP contribution in [0.15, 0.2) is 18.5 Å². The van der Waals surface area contributed by atoms with E-state index in [0.717, 1.165) is 17.4 Å². The molecule has 1 aliphatic carbocycles. The number of rotatable bonds is 3. The third kappa shape index (κ3) is 4.24. The van der Waals surface area contributed by atoms with E-state index in [9.17, 15) is 0 Å². The molecular formula is C15H21BrClN. The van der Waals surface area contributed by atoms with Crippen LogP contribution in [0, 0.1) is 5.92 Å². The van der Waals surface area contributed by atoms with E-state index in [1.165, 1.54) is 50.5 Å². The summed E-state index contributed by atoms with van der Waals surface area (Å²) in [6.45, 7) is 0. The Morgan fingerprint density at radius 2 is 1.89 bits per heavy atom. The second kappa shape index (κ2) is 7.49. The first kappa shape index (κ1) is 14.3. The fourth-order valence-electron chi connectivity index (χ4n) is 2.80. The zero-order valence-electron chi connectivity index (χ0n) is 10.7. The molecule has 3 heteroatoms. The minimum atomic E-state index is 0.551. The van der Waals surface area contributed by atoms with Gasteiger partial charge in [-0.2, -0.15) is 0 Å². The second-order valence-electron chi connectivity index (χ2n) is 5.29. The molecule has 0 bridgehead atoms. The standard InChI is InChI=1S/C15H21BrClN/c16-14(10-13-8-9-18-11-15(13)17)12-6-4-2-1-3-5-7-12/h8-9,11-12,14H,1-7,10H2. The number of halogens is 2. The van der Waals surface area contributed by atoms with Crippen LogP contribution in [0.3, 0.4) is 0 Å². The van der Waals surface area contributed by atoms with Gasteiger partial charge < -0.3 is 0 Å². The molecule has 0 N–H and O–H groups in total. The Balaban J connectivity index is 1.93. The number of aromatic nitrogens is 1. The van der Waals surface area contributed by atoms with E-state index in [1.807, 2.05) is 12.3 Å². The Labute approximate surface area is 123 Å². The monoisotopic (exact) mass is 329 g/mol. The smallest absolute Gasteiger partial charge is 0.0621 e. The highest BCUT2D eigenvalue weighted by molar-refractivity contribution is 9.09. The minimum absolute atomic E-state index is 0.551. The Bertz CT molecular complexity index is 361. The van der Waals surface area contributed by atoms with Crippen molar-refractivity contribution in [2.45, 2.75) is 56.2 Å². The molecule has 18 heavy (non-hydrogen) atoms. The van der Waals surface area contributed by atoms with Gasteiger partial charge in [0.15, 0.2) is 0 Å². The fraction of sp³-hybridized carbons (Fsp3) is 0.667. The summed E-state index contributed by atoms with van der Waals surface area (Å²) in [5.74, 6) is 0.800. The molecule has 100 valence electrons. The zero-order valence-corrected chi connectivity index (χ0v) is 13.1. The normalized spacial score (nSPS) is 20.1. The SMILES string of the molecule is Clc1cnccc1CC(Br)C1CCCCCCC1. The summed E-state index contributed by atoms with van der Waals surface area (Å²) >= 11 is 10.1. The zero-order chi connectivity index (χ0) is 12.8. The lowest BCUT2D eigenvalue weighted by Gasteiger charge is -2.25. The van der Waals surface area contributed by atoms with Gasteiger partial charge in [0.1, 0.15) is 0 Å². The average molecular weight is 331 g/mol. The van der Waals surface area contributed by atoms with Crippen molar-refractivity contribution in [3.8, 4) is 0 Å². The lowest BCUT2D eigenvalue weighted by Crippen LogP contribution is -2.18. The molecule has 1 aromatic rings. The molecule has 1 fully saturated rings. The van der Waals surface area contributed by atoms with E-state index in [2.05, 4.69) is 20.9 Å². The summed E-state index contributed by atoms with van der Waals surface area (Å²) in [5, 5.41) is 0.799. The Morgan fingerprint density at radius 1 is 1.22 bits per heavy atom. The summed E-state index contributed by atoms with van der Waals surface area (Å²) in [6.07, 6.45) is 14.3. The van der Waals surface area contributed by atoms with Crippen LogP contribution in [0.25, 0.3) is 0 Å². The largest absolute Gasteiger partial charge is 0.263 e. The van der Waals surface area contributed by atoms with Crippen molar-refractivity contribution in [3.63, 3.8) is 0 Å². The highest BCUT2D eigenvalue weighted by Gasteiger charge is 2.20. The quantitative estimate of drug-likeness (QED) is 0.676. The van der Waals surface area contributed by atoms with Gasteiger partial charge in [0.25, 0.3) is 0 Å². The first-order valence-corrected chi connectivity index (χ1v) is 8.29. The van der Waals surface area contributed by atoms with Crippen LogP contribution in [0.2, 0.25) is 5.02 Å². The van der Waals surface area contributed by atoms with Gasteiger partial charge in [-0.1, -0.05) is 59.6 Å². The average Bonchev–Trinajstić information content (AvgIpc) is 2.31. The molecule has 0 saturated heterocycles. The van der Waals surface area contributed by atoms with Crippen molar-refractivity contribution in [1.82, 2.24) is 4.98 Å². The van der Waals surface area contributed by atoms with Crippen LogP contribution in [-0.4, -0.2) is 9.81 Å². The van der Waals surface area contributed by atoms with Gasteiger partial charge in [-0.3, -0.25) is 4.98 Å². The molecule has 2 rings (SSSR count). The van der Waals surface area contributed by atoms with Crippen molar-refractivity contribution >= 4 is 27.5 Å². The highest BCUT2D eigenvalue weighted by Crippen LogP contribution is 2.31. The first-order chi connectivity index (χ1) is 8.77. The molecular weight excluding hydrogens is 310 g/mol. The Kier molecular flexibility index (Phi) is 5.97. The topological polar surface area (TPSA) is 12.9 Å². The summed E-state index contributed by atoms with van der Waals surface area (Å²) in [4.78, 5) is 4.60. The summed E-state index contributed by atoms with van der Waals surface area (Å²) < 4.78 is 0. The number of nitrogens with zero attached hydrogens (tertiary/aromatic N) is 1. The summed E-state index contributed by atoms with van der Waals surface area (Å²) in [7, 11) is 0. The molecule has 1 aromatic heterocycles. The van der Waals surface area contributed by atoms with E-state index in [4.69, 9.17) is 11.6 Å². The van der Waals surface area contributed by atoms with E-state index in [-0.39, 0.29) is 0 Å². The van der Waals surface area contributed by atoms with Crippen LogP contribution in [0.4, 0.5) is 0 Å². The molecule has 1 saturated carbocycles. The van der Waals surface area contributed by atoms with Crippen molar-refractivity contribution in [3.05, 3.63) is 29.0 Å². The molecule has 0 spiro atoms. The molecule has 1 atom stereocenters. The molecule has 0 aromatic carbocycles. The number of alkyl halides is 1. The fourth-order valence-corrected chi connectivity index (χ4v) is 3.87. The number of hydrogen-bond donors (Lipinski definition) is 0. The molecule has 1 nitrogen and oxygen atoms in total. The van der Waals surface area contributed by atoms with Crippen molar-refractivity contribution < 1.29 is 0 Å². The number of hydrogen-bond acceptors (Lipinski definition) is 1. The minimum Gasteiger partial charge on any atom is -0.263 e. The maximum atomic E-state index is 6.18.